The molecule has 1 heterocycles. The largest absolute Gasteiger partial charge is 0.348 e. The predicted molar refractivity (Wildman–Crippen MR) is 114 cm³/mol. The molecule has 156 valence electrons. The van der Waals surface area contributed by atoms with Crippen LogP contribution in [0, 0.1) is 6.92 Å². The summed E-state index contributed by atoms with van der Waals surface area (Å²) >= 11 is 0. The molecule has 1 amide bonds. The zero-order valence-corrected chi connectivity index (χ0v) is 17.9. The highest BCUT2D eigenvalue weighted by Crippen LogP contribution is 2.18. The Labute approximate surface area is 173 Å². The second-order valence-corrected chi connectivity index (χ2v) is 9.37. The van der Waals surface area contributed by atoms with Crippen LogP contribution in [-0.2, 0) is 14.8 Å². The van der Waals surface area contributed by atoms with E-state index < -0.39 is 10.0 Å². The van der Waals surface area contributed by atoms with Crippen LogP contribution >= 0.6 is 0 Å². The van der Waals surface area contributed by atoms with Gasteiger partial charge in [-0.25, -0.2) is 8.42 Å². The van der Waals surface area contributed by atoms with Crippen LogP contribution in [0.2, 0.25) is 0 Å². The van der Waals surface area contributed by atoms with Gasteiger partial charge in [0.1, 0.15) is 0 Å². The summed E-state index contributed by atoms with van der Waals surface area (Å²) in [4.78, 5) is 14.9. The second kappa shape index (κ2) is 9.52. The van der Waals surface area contributed by atoms with Gasteiger partial charge < -0.3 is 5.32 Å². The lowest BCUT2D eigenvalue weighted by atomic mass is 10.0. The van der Waals surface area contributed by atoms with Gasteiger partial charge in [0.2, 0.25) is 15.9 Å². The number of nitrogens with zero attached hydrogens (tertiary/aromatic N) is 2. The molecule has 0 unspecified atom stereocenters. The van der Waals surface area contributed by atoms with Crippen LogP contribution in [0.3, 0.4) is 0 Å². The maximum absolute atomic E-state index is 12.7. The van der Waals surface area contributed by atoms with E-state index in [0.717, 1.165) is 12.0 Å². The summed E-state index contributed by atoms with van der Waals surface area (Å²) in [6, 6.07) is 16.7. The van der Waals surface area contributed by atoms with Gasteiger partial charge in [-0.05, 0) is 31.0 Å². The molecule has 1 aliphatic rings. The van der Waals surface area contributed by atoms with Crippen molar-refractivity contribution in [3.63, 3.8) is 0 Å². The Kier molecular flexibility index (Phi) is 7.05. The van der Waals surface area contributed by atoms with Crippen molar-refractivity contribution in [3.8, 4) is 0 Å². The number of rotatable bonds is 7. The third-order valence-corrected chi connectivity index (χ3v) is 7.22. The molecular formula is C22H29N3O3S. The molecule has 0 saturated carbocycles. The SMILES string of the molecule is CC[C@H](NC(=O)CN1CCN(S(=O)(=O)c2ccccc2)CC1)c1ccc(C)cc1. The van der Waals surface area contributed by atoms with Crippen LogP contribution in [0.15, 0.2) is 59.5 Å². The number of hydrogen-bond donors (Lipinski definition) is 1. The van der Waals surface area contributed by atoms with Gasteiger partial charge in [0.15, 0.2) is 0 Å². The lowest BCUT2D eigenvalue weighted by molar-refractivity contribution is -0.123. The average molecular weight is 416 g/mol. The maximum atomic E-state index is 12.7. The van der Waals surface area contributed by atoms with Crippen molar-refractivity contribution in [2.24, 2.45) is 0 Å². The molecule has 3 rings (SSSR count). The minimum absolute atomic E-state index is 0.0113. The third-order valence-electron chi connectivity index (χ3n) is 5.30. The number of carbonyl (C=O) groups excluding carboxylic acids is 1. The van der Waals surface area contributed by atoms with Crippen molar-refractivity contribution >= 4 is 15.9 Å². The lowest BCUT2D eigenvalue weighted by Gasteiger charge is -2.33. The van der Waals surface area contributed by atoms with E-state index in [4.69, 9.17) is 0 Å². The Morgan fingerprint density at radius 1 is 1.00 bits per heavy atom. The molecule has 1 saturated heterocycles. The molecule has 0 spiro atoms. The maximum Gasteiger partial charge on any atom is 0.243 e. The van der Waals surface area contributed by atoms with E-state index in [1.807, 2.05) is 11.8 Å². The van der Waals surface area contributed by atoms with Crippen LogP contribution in [0.1, 0.15) is 30.5 Å². The molecule has 0 bridgehead atoms. The molecule has 29 heavy (non-hydrogen) atoms. The van der Waals surface area contributed by atoms with Crippen molar-refractivity contribution in [2.75, 3.05) is 32.7 Å². The molecular weight excluding hydrogens is 386 g/mol. The summed E-state index contributed by atoms with van der Waals surface area (Å²) in [7, 11) is -3.47. The number of hydrogen-bond acceptors (Lipinski definition) is 4. The number of sulfonamides is 1. The first-order chi connectivity index (χ1) is 13.9. The zero-order chi connectivity index (χ0) is 20.9. The van der Waals surface area contributed by atoms with E-state index >= 15 is 0 Å². The number of carbonyl (C=O) groups is 1. The van der Waals surface area contributed by atoms with Gasteiger partial charge >= 0.3 is 0 Å². The van der Waals surface area contributed by atoms with Gasteiger partial charge in [-0.15, -0.1) is 0 Å². The minimum atomic E-state index is -3.47. The molecule has 1 atom stereocenters. The first-order valence-corrected chi connectivity index (χ1v) is 11.5. The van der Waals surface area contributed by atoms with E-state index in [9.17, 15) is 13.2 Å². The second-order valence-electron chi connectivity index (χ2n) is 7.43. The summed E-state index contributed by atoms with van der Waals surface area (Å²) in [6.07, 6.45) is 0.817. The summed E-state index contributed by atoms with van der Waals surface area (Å²) in [5.41, 5.74) is 2.29. The molecule has 6 nitrogen and oxygen atoms in total. The van der Waals surface area contributed by atoms with Gasteiger partial charge in [0.25, 0.3) is 0 Å². The summed E-state index contributed by atoms with van der Waals surface area (Å²) in [5, 5.41) is 3.10. The highest BCUT2D eigenvalue weighted by Gasteiger charge is 2.29. The molecule has 7 heteroatoms. The number of benzene rings is 2. The molecule has 1 aliphatic heterocycles. The number of nitrogens with one attached hydrogen (secondary N) is 1. The fourth-order valence-corrected chi connectivity index (χ4v) is 4.98. The Morgan fingerprint density at radius 2 is 1.62 bits per heavy atom. The lowest BCUT2D eigenvalue weighted by Crippen LogP contribution is -2.51. The first kappa shape index (κ1) is 21.5. The first-order valence-electron chi connectivity index (χ1n) is 10.0. The van der Waals surface area contributed by atoms with Gasteiger partial charge in [-0.1, -0.05) is 55.0 Å². The fourth-order valence-electron chi connectivity index (χ4n) is 3.53. The van der Waals surface area contributed by atoms with E-state index in [1.165, 1.54) is 9.87 Å². The molecule has 2 aromatic rings. The Bertz CT molecular complexity index is 906. The van der Waals surface area contributed by atoms with Crippen LogP contribution < -0.4 is 5.32 Å². The molecule has 1 N–H and O–H groups in total. The minimum Gasteiger partial charge on any atom is -0.348 e. The molecule has 0 aliphatic carbocycles. The number of piperazine rings is 1. The summed E-state index contributed by atoms with van der Waals surface area (Å²) in [6.45, 7) is 6.24. The topological polar surface area (TPSA) is 69.7 Å². The van der Waals surface area contributed by atoms with E-state index in [0.29, 0.717) is 31.1 Å². The standard InChI is InChI=1S/C22H29N3O3S/c1-3-21(19-11-9-18(2)10-12-19)23-22(26)17-24-13-15-25(16-14-24)29(27,28)20-7-5-4-6-8-20/h4-12,21H,3,13-17H2,1-2H3,(H,23,26)/t21-/m0/s1. The monoisotopic (exact) mass is 415 g/mol. The van der Waals surface area contributed by atoms with Crippen LogP contribution in [-0.4, -0.2) is 56.3 Å². The van der Waals surface area contributed by atoms with Crippen LogP contribution in [0.5, 0.6) is 0 Å². The Hall–Kier alpha value is -2.22. The van der Waals surface area contributed by atoms with Crippen molar-refractivity contribution in [3.05, 3.63) is 65.7 Å². The third kappa shape index (κ3) is 5.44. The predicted octanol–water partition coefficient (Wildman–Crippen LogP) is 2.57. The van der Waals surface area contributed by atoms with E-state index in [1.54, 1.807) is 30.3 Å². The molecule has 0 aromatic heterocycles. The highest BCUT2D eigenvalue weighted by atomic mass is 32.2. The van der Waals surface area contributed by atoms with Crippen LogP contribution in [0.4, 0.5) is 0 Å². The average Bonchev–Trinajstić information content (AvgIpc) is 2.74. The van der Waals surface area contributed by atoms with Gasteiger partial charge in [-0.3, -0.25) is 9.69 Å². The van der Waals surface area contributed by atoms with Gasteiger partial charge in [0, 0.05) is 26.2 Å². The smallest absolute Gasteiger partial charge is 0.243 e. The Balaban J connectivity index is 1.52. The highest BCUT2D eigenvalue weighted by molar-refractivity contribution is 7.89. The fraction of sp³-hybridized carbons (Fsp3) is 0.409. The normalized spacial score (nSPS) is 17.0. The van der Waals surface area contributed by atoms with Gasteiger partial charge in [-0.2, -0.15) is 4.31 Å². The molecule has 1 fully saturated rings. The van der Waals surface area contributed by atoms with Gasteiger partial charge in [0.05, 0.1) is 17.5 Å². The van der Waals surface area contributed by atoms with Crippen molar-refractivity contribution in [1.82, 2.24) is 14.5 Å². The number of amides is 1. The summed E-state index contributed by atoms with van der Waals surface area (Å²) in [5.74, 6) is -0.0307. The van der Waals surface area contributed by atoms with E-state index in [2.05, 4.69) is 36.5 Å². The summed E-state index contributed by atoms with van der Waals surface area (Å²) < 4.78 is 26.9. The zero-order valence-electron chi connectivity index (χ0n) is 17.0. The quantitative estimate of drug-likeness (QED) is 0.755. The van der Waals surface area contributed by atoms with Crippen molar-refractivity contribution < 1.29 is 13.2 Å². The van der Waals surface area contributed by atoms with Crippen molar-refractivity contribution in [2.45, 2.75) is 31.2 Å². The van der Waals surface area contributed by atoms with Crippen molar-refractivity contribution in [1.29, 1.82) is 0 Å². The molecule has 0 radical (unpaired) electrons. The Morgan fingerprint density at radius 3 is 2.21 bits per heavy atom. The number of aryl methyl sites for hydroxylation is 1. The molecule has 2 aromatic carbocycles. The van der Waals surface area contributed by atoms with Crippen LogP contribution in [0.25, 0.3) is 0 Å². The van der Waals surface area contributed by atoms with E-state index in [-0.39, 0.29) is 18.5 Å².